The molecule has 2 aromatic carbocycles. The van der Waals surface area contributed by atoms with Gasteiger partial charge < -0.3 is 10.1 Å². The topological polar surface area (TPSA) is 38.3 Å². The molecular weight excluding hydrogens is 477 g/mol. The molecule has 6 heteroatoms. The molecular formula is C27H32Cl3NO2. The van der Waals surface area contributed by atoms with Gasteiger partial charge in [-0.05, 0) is 54.9 Å². The third-order valence-electron chi connectivity index (χ3n) is 7.55. The Balaban J connectivity index is 0.00000259. The summed E-state index contributed by atoms with van der Waals surface area (Å²) in [7, 11) is 0. The average Bonchev–Trinajstić information content (AvgIpc) is 2.82. The minimum absolute atomic E-state index is 0. The summed E-state index contributed by atoms with van der Waals surface area (Å²) < 4.78 is 6.36. The monoisotopic (exact) mass is 507 g/mol. The van der Waals surface area contributed by atoms with Crippen LogP contribution in [0.3, 0.4) is 0 Å². The minimum Gasteiger partial charge on any atom is -0.381 e. The van der Waals surface area contributed by atoms with Crippen LogP contribution in [0.5, 0.6) is 0 Å². The van der Waals surface area contributed by atoms with Crippen molar-refractivity contribution in [1.29, 1.82) is 0 Å². The van der Waals surface area contributed by atoms with Gasteiger partial charge in [-0.25, -0.2) is 0 Å². The average molecular weight is 509 g/mol. The molecule has 3 nitrogen and oxygen atoms in total. The lowest BCUT2D eigenvalue weighted by molar-refractivity contribution is -0.117. The van der Waals surface area contributed by atoms with E-state index in [1.807, 2.05) is 12.1 Å². The zero-order chi connectivity index (χ0) is 22.1. The lowest BCUT2D eigenvalue weighted by atomic mass is 9.71. The molecule has 1 N–H and O–H groups in total. The highest BCUT2D eigenvalue weighted by atomic mass is 35.5. The smallest absolute Gasteiger partial charge is 0.141 e. The molecule has 3 atom stereocenters. The number of halogens is 3. The first-order valence-electron chi connectivity index (χ1n) is 12.1. The fourth-order valence-electron chi connectivity index (χ4n) is 6.02. The summed E-state index contributed by atoms with van der Waals surface area (Å²) in [5, 5.41) is 4.87. The van der Waals surface area contributed by atoms with Crippen LogP contribution in [0, 0.1) is 11.8 Å². The Bertz CT molecular complexity index is 989. The van der Waals surface area contributed by atoms with Gasteiger partial charge in [0.15, 0.2) is 0 Å². The summed E-state index contributed by atoms with van der Waals surface area (Å²) in [6.07, 6.45) is 9.92. The van der Waals surface area contributed by atoms with Gasteiger partial charge in [0.05, 0.1) is 16.1 Å². The van der Waals surface area contributed by atoms with Crippen LogP contribution < -0.4 is 5.32 Å². The fraction of sp³-hybridized carbons (Fsp3) is 0.519. The van der Waals surface area contributed by atoms with Crippen molar-refractivity contribution in [2.75, 3.05) is 11.9 Å². The Kier molecular flexibility index (Phi) is 8.28. The number of hydrogen-bond donors (Lipinski definition) is 1. The van der Waals surface area contributed by atoms with Crippen LogP contribution in [0.4, 0.5) is 5.69 Å². The highest BCUT2D eigenvalue weighted by molar-refractivity contribution is 6.42. The molecule has 33 heavy (non-hydrogen) atoms. The van der Waals surface area contributed by atoms with Gasteiger partial charge in [-0.1, -0.05) is 66.7 Å². The Morgan fingerprint density at radius 3 is 2.64 bits per heavy atom. The van der Waals surface area contributed by atoms with Gasteiger partial charge >= 0.3 is 0 Å². The number of benzene rings is 2. The van der Waals surface area contributed by atoms with Crippen LogP contribution in [0.25, 0.3) is 0 Å². The molecule has 2 fully saturated rings. The molecule has 0 spiro atoms. The third kappa shape index (κ3) is 5.37. The quantitative estimate of drug-likeness (QED) is 0.451. The van der Waals surface area contributed by atoms with Crippen molar-refractivity contribution in [1.82, 2.24) is 0 Å². The van der Waals surface area contributed by atoms with E-state index in [4.69, 9.17) is 27.9 Å². The van der Waals surface area contributed by atoms with E-state index in [2.05, 4.69) is 23.5 Å². The van der Waals surface area contributed by atoms with E-state index < -0.39 is 0 Å². The first-order valence-corrected chi connectivity index (χ1v) is 12.8. The molecule has 178 valence electrons. The molecule has 0 radical (unpaired) electrons. The highest BCUT2D eigenvalue weighted by Gasteiger charge is 2.42. The standard InChI is InChI=1S/C27H31Cl2NO2.ClH/c28-23-10-4-8-19(25(23)29)16-20(31)14-17-11-12-24-22(15-17)27-21(9-5-13-32-27)26(30-24)18-6-2-1-3-7-18;/h4,8,10-12,15,18,21,26-27,30H,1-3,5-7,9,13-14,16H2;1H/t21-,26+,27-;/m0./s1. The van der Waals surface area contributed by atoms with E-state index in [1.165, 1.54) is 49.8 Å². The SMILES string of the molecule is Cl.O=C(Cc1ccc2c(c1)[C@H]1OCCC[C@H]1[C@@H](C1CCCCC1)N2)Cc1cccc(Cl)c1Cl. The first-order chi connectivity index (χ1) is 15.6. The Labute approximate surface area is 213 Å². The van der Waals surface area contributed by atoms with Crippen LogP contribution in [-0.2, 0) is 22.4 Å². The summed E-state index contributed by atoms with van der Waals surface area (Å²) in [6, 6.07) is 12.4. The fourth-order valence-corrected chi connectivity index (χ4v) is 6.40. The van der Waals surface area contributed by atoms with E-state index in [9.17, 15) is 4.79 Å². The third-order valence-corrected chi connectivity index (χ3v) is 8.41. The molecule has 3 aliphatic rings. The van der Waals surface area contributed by atoms with E-state index in [-0.39, 0.29) is 24.3 Å². The Hall–Kier alpha value is -1.26. The number of ether oxygens (including phenoxy) is 1. The van der Waals surface area contributed by atoms with Crippen LogP contribution in [0.1, 0.15) is 67.7 Å². The summed E-state index contributed by atoms with van der Waals surface area (Å²) in [5.74, 6) is 1.41. The zero-order valence-electron chi connectivity index (χ0n) is 18.8. The number of Topliss-reactive ketones (excluding diaryl/α,β-unsaturated/α-hetero) is 1. The summed E-state index contributed by atoms with van der Waals surface area (Å²) >= 11 is 12.4. The number of nitrogens with one attached hydrogen (secondary N) is 1. The molecule has 0 bridgehead atoms. The van der Waals surface area contributed by atoms with Gasteiger partial charge in [-0.2, -0.15) is 0 Å². The lowest BCUT2D eigenvalue weighted by Crippen LogP contribution is -2.46. The summed E-state index contributed by atoms with van der Waals surface area (Å²) in [4.78, 5) is 12.8. The number of hydrogen-bond acceptors (Lipinski definition) is 3. The van der Waals surface area contributed by atoms with Crippen LogP contribution in [-0.4, -0.2) is 18.4 Å². The van der Waals surface area contributed by atoms with E-state index >= 15 is 0 Å². The van der Waals surface area contributed by atoms with E-state index in [0.717, 1.165) is 30.1 Å². The van der Waals surface area contributed by atoms with Gasteiger partial charge in [-0.15, -0.1) is 12.4 Å². The number of anilines is 1. The molecule has 1 aliphatic carbocycles. The number of ketones is 1. The van der Waals surface area contributed by atoms with Crippen molar-refractivity contribution in [3.8, 4) is 0 Å². The molecule has 0 amide bonds. The van der Waals surface area contributed by atoms with Gasteiger partial charge in [0.1, 0.15) is 5.78 Å². The van der Waals surface area contributed by atoms with Crippen LogP contribution in [0.15, 0.2) is 36.4 Å². The maximum absolute atomic E-state index is 12.8. The van der Waals surface area contributed by atoms with Crippen molar-refractivity contribution < 1.29 is 9.53 Å². The second kappa shape index (κ2) is 11.0. The van der Waals surface area contributed by atoms with Crippen LogP contribution in [0.2, 0.25) is 10.0 Å². The van der Waals surface area contributed by atoms with Gasteiger partial charge in [0, 0.05) is 42.7 Å². The normalized spacial score (nSPS) is 24.7. The predicted molar refractivity (Wildman–Crippen MR) is 138 cm³/mol. The van der Waals surface area contributed by atoms with Gasteiger partial charge in [0.2, 0.25) is 0 Å². The molecule has 0 unspecified atom stereocenters. The molecule has 1 saturated heterocycles. The number of rotatable bonds is 5. The van der Waals surface area contributed by atoms with Gasteiger partial charge in [-0.3, -0.25) is 4.79 Å². The van der Waals surface area contributed by atoms with Crippen LogP contribution >= 0.6 is 35.6 Å². The molecule has 5 rings (SSSR count). The lowest BCUT2D eigenvalue weighted by Gasteiger charge is -2.47. The summed E-state index contributed by atoms with van der Waals surface area (Å²) in [6.45, 7) is 0.828. The van der Waals surface area contributed by atoms with Crippen molar-refractivity contribution in [2.24, 2.45) is 11.8 Å². The number of carbonyl (C=O) groups is 1. The molecule has 2 heterocycles. The van der Waals surface area contributed by atoms with Crippen molar-refractivity contribution in [3.63, 3.8) is 0 Å². The van der Waals surface area contributed by atoms with Gasteiger partial charge in [0.25, 0.3) is 0 Å². The van der Waals surface area contributed by atoms with E-state index in [0.29, 0.717) is 34.8 Å². The van der Waals surface area contributed by atoms with Crippen molar-refractivity contribution >= 4 is 47.1 Å². The predicted octanol–water partition coefficient (Wildman–Crippen LogP) is 7.61. The van der Waals surface area contributed by atoms with E-state index in [1.54, 1.807) is 6.07 Å². The number of fused-ring (bicyclic) bond motifs is 3. The van der Waals surface area contributed by atoms with Crippen molar-refractivity contribution in [3.05, 3.63) is 63.1 Å². The molecule has 1 saturated carbocycles. The molecule has 2 aromatic rings. The minimum atomic E-state index is 0. The second-order valence-electron chi connectivity index (χ2n) is 9.69. The second-order valence-corrected chi connectivity index (χ2v) is 10.5. The molecule has 0 aromatic heterocycles. The van der Waals surface area contributed by atoms with Crippen molar-refractivity contribution in [2.45, 2.75) is 69.9 Å². The largest absolute Gasteiger partial charge is 0.381 e. The summed E-state index contributed by atoms with van der Waals surface area (Å²) in [5.41, 5.74) is 4.25. The first kappa shape index (κ1) is 24.9. The Morgan fingerprint density at radius 2 is 1.82 bits per heavy atom. The zero-order valence-corrected chi connectivity index (χ0v) is 21.2. The maximum Gasteiger partial charge on any atom is 0.141 e. The number of carbonyl (C=O) groups excluding carboxylic acids is 1. The highest BCUT2D eigenvalue weighted by Crippen LogP contribution is 2.47. The Morgan fingerprint density at radius 1 is 1.00 bits per heavy atom. The molecule has 2 aliphatic heterocycles. The maximum atomic E-state index is 12.8.